The minimum absolute atomic E-state index is 0.0624. The number of benzene rings is 2. The summed E-state index contributed by atoms with van der Waals surface area (Å²) in [6, 6.07) is 18.3. The number of carbonyl (C=O) groups is 1. The third-order valence-electron chi connectivity index (χ3n) is 6.50. The topological polar surface area (TPSA) is 60.9 Å². The first-order valence-electron chi connectivity index (χ1n) is 11.1. The smallest absolute Gasteiger partial charge is 0.243 e. The molecule has 0 N–H and O–H groups in total. The van der Waals surface area contributed by atoms with Crippen molar-refractivity contribution in [2.45, 2.75) is 33.5 Å². The highest BCUT2D eigenvalue weighted by Gasteiger charge is 2.31. The zero-order valence-corrected chi connectivity index (χ0v) is 18.6. The first-order chi connectivity index (χ1) is 16.1. The number of hydrogen-bond acceptors (Lipinski definition) is 3. The molecule has 1 amide bonds. The maximum atomic E-state index is 13.2. The third kappa shape index (κ3) is 3.24. The minimum atomic E-state index is 0.0624. The largest absolute Gasteiger partial charge is 0.331 e. The van der Waals surface area contributed by atoms with Crippen molar-refractivity contribution in [1.29, 1.82) is 0 Å². The number of aromatic nitrogens is 5. The summed E-state index contributed by atoms with van der Waals surface area (Å²) in [7, 11) is 0. The van der Waals surface area contributed by atoms with E-state index in [9.17, 15) is 4.79 Å². The van der Waals surface area contributed by atoms with Crippen LogP contribution in [0.3, 0.4) is 0 Å². The van der Waals surface area contributed by atoms with Crippen molar-refractivity contribution in [2.75, 3.05) is 0 Å². The highest BCUT2D eigenvalue weighted by atomic mass is 16.2. The summed E-state index contributed by atoms with van der Waals surface area (Å²) in [6.45, 7) is 5.54. The molecule has 5 aromatic rings. The Morgan fingerprint density at radius 2 is 1.79 bits per heavy atom. The average Bonchev–Trinajstić information content (AvgIpc) is 3.59. The quantitative estimate of drug-likeness (QED) is 0.425. The van der Waals surface area contributed by atoms with Crippen LogP contribution < -0.4 is 0 Å². The Morgan fingerprint density at radius 3 is 2.61 bits per heavy atom. The number of aryl methyl sites for hydroxylation is 2. The molecule has 0 spiro atoms. The molecule has 4 heterocycles. The molecule has 0 bridgehead atoms. The molecule has 0 atom stereocenters. The Balaban J connectivity index is 1.33. The summed E-state index contributed by atoms with van der Waals surface area (Å²) in [5.41, 5.74) is 7.41. The van der Waals surface area contributed by atoms with Crippen molar-refractivity contribution in [1.82, 2.24) is 28.8 Å². The lowest BCUT2D eigenvalue weighted by atomic mass is 10.1. The highest BCUT2D eigenvalue weighted by molar-refractivity contribution is 5.81. The van der Waals surface area contributed by atoms with Gasteiger partial charge in [-0.2, -0.15) is 5.10 Å². The van der Waals surface area contributed by atoms with Crippen LogP contribution in [0.1, 0.15) is 22.4 Å². The molecule has 6 rings (SSSR count). The molecular weight excluding hydrogens is 412 g/mol. The molecule has 0 aliphatic carbocycles. The second-order valence-corrected chi connectivity index (χ2v) is 8.63. The van der Waals surface area contributed by atoms with E-state index in [2.05, 4.69) is 41.6 Å². The SMILES string of the molecule is Cc1ccc(-n2nc3c(c2-n2cccc2)CN(C(=O)Cn2cnc4ccccc42)C3)cc1C. The van der Waals surface area contributed by atoms with Crippen molar-refractivity contribution in [2.24, 2.45) is 0 Å². The number of rotatable bonds is 4. The van der Waals surface area contributed by atoms with Crippen LogP contribution in [0.4, 0.5) is 0 Å². The number of carbonyl (C=O) groups excluding carboxylic acids is 1. The van der Waals surface area contributed by atoms with Gasteiger partial charge in [0.1, 0.15) is 12.4 Å². The standard InChI is InChI=1S/C26H24N6O/c1-18-9-10-20(13-19(18)2)32-26(29-11-5-6-12-29)21-14-30(15-23(21)28-32)25(33)16-31-17-27-22-7-3-4-8-24(22)31/h3-13,17H,14-16H2,1-2H3. The average molecular weight is 437 g/mol. The molecule has 2 aromatic carbocycles. The summed E-state index contributed by atoms with van der Waals surface area (Å²) >= 11 is 0. The maximum absolute atomic E-state index is 13.2. The predicted octanol–water partition coefficient (Wildman–Crippen LogP) is 4.17. The van der Waals surface area contributed by atoms with Gasteiger partial charge in [-0.1, -0.05) is 18.2 Å². The van der Waals surface area contributed by atoms with E-state index in [1.54, 1.807) is 6.33 Å². The summed E-state index contributed by atoms with van der Waals surface area (Å²) < 4.78 is 6.00. The van der Waals surface area contributed by atoms with E-state index in [1.165, 1.54) is 11.1 Å². The molecule has 7 heteroatoms. The number of nitrogens with zero attached hydrogens (tertiary/aromatic N) is 6. The fourth-order valence-corrected chi connectivity index (χ4v) is 4.54. The first kappa shape index (κ1) is 19.5. The molecule has 0 saturated heterocycles. The monoisotopic (exact) mass is 436 g/mol. The molecule has 1 aliphatic heterocycles. The Morgan fingerprint density at radius 1 is 0.970 bits per heavy atom. The van der Waals surface area contributed by atoms with Gasteiger partial charge >= 0.3 is 0 Å². The normalized spacial score (nSPS) is 13.1. The Labute approximate surface area is 191 Å². The van der Waals surface area contributed by atoms with Crippen LogP contribution in [0.5, 0.6) is 0 Å². The summed E-state index contributed by atoms with van der Waals surface area (Å²) in [5, 5.41) is 4.95. The van der Waals surface area contributed by atoms with Gasteiger partial charge in [0.25, 0.3) is 0 Å². The van der Waals surface area contributed by atoms with Crippen LogP contribution in [0.2, 0.25) is 0 Å². The molecule has 0 unspecified atom stereocenters. The molecule has 7 nitrogen and oxygen atoms in total. The van der Waals surface area contributed by atoms with Crippen LogP contribution in [-0.4, -0.2) is 34.7 Å². The van der Waals surface area contributed by atoms with Crippen molar-refractivity contribution in [3.05, 3.63) is 95.7 Å². The van der Waals surface area contributed by atoms with Gasteiger partial charge in [0.15, 0.2) is 0 Å². The Bertz CT molecular complexity index is 1490. The zero-order chi connectivity index (χ0) is 22.5. The van der Waals surface area contributed by atoms with E-state index in [-0.39, 0.29) is 12.5 Å². The third-order valence-corrected chi connectivity index (χ3v) is 6.50. The maximum Gasteiger partial charge on any atom is 0.243 e. The summed E-state index contributed by atoms with van der Waals surface area (Å²) in [5.74, 6) is 1.05. The van der Waals surface area contributed by atoms with E-state index in [1.807, 2.05) is 62.9 Å². The predicted molar refractivity (Wildman–Crippen MR) is 126 cm³/mol. The molecule has 164 valence electrons. The van der Waals surface area contributed by atoms with Crippen molar-refractivity contribution in [3.63, 3.8) is 0 Å². The van der Waals surface area contributed by atoms with E-state index < -0.39 is 0 Å². The van der Waals surface area contributed by atoms with E-state index in [4.69, 9.17) is 5.10 Å². The van der Waals surface area contributed by atoms with Gasteiger partial charge in [-0.15, -0.1) is 0 Å². The zero-order valence-electron chi connectivity index (χ0n) is 18.6. The number of para-hydroxylation sites is 2. The van der Waals surface area contributed by atoms with Crippen LogP contribution in [0, 0.1) is 13.8 Å². The highest BCUT2D eigenvalue weighted by Crippen LogP contribution is 2.31. The van der Waals surface area contributed by atoms with Gasteiger partial charge in [-0.3, -0.25) is 4.79 Å². The first-order valence-corrected chi connectivity index (χ1v) is 11.1. The Hall–Kier alpha value is -4.13. The van der Waals surface area contributed by atoms with Gasteiger partial charge in [0, 0.05) is 18.0 Å². The van der Waals surface area contributed by atoms with E-state index in [0.717, 1.165) is 33.8 Å². The van der Waals surface area contributed by atoms with Gasteiger partial charge in [0.2, 0.25) is 5.91 Å². The molecule has 0 saturated carbocycles. The molecule has 3 aromatic heterocycles. The summed E-state index contributed by atoms with van der Waals surface area (Å²) in [6.07, 6.45) is 5.79. The second kappa shape index (κ2) is 7.48. The summed E-state index contributed by atoms with van der Waals surface area (Å²) in [4.78, 5) is 19.5. The van der Waals surface area contributed by atoms with Gasteiger partial charge in [0.05, 0.1) is 41.8 Å². The lowest BCUT2D eigenvalue weighted by molar-refractivity contribution is -0.132. The molecule has 0 fully saturated rings. The van der Waals surface area contributed by atoms with E-state index >= 15 is 0 Å². The molecular formula is C26H24N6O. The van der Waals surface area contributed by atoms with Crippen LogP contribution >= 0.6 is 0 Å². The van der Waals surface area contributed by atoms with Crippen LogP contribution in [0.15, 0.2) is 73.3 Å². The second-order valence-electron chi connectivity index (χ2n) is 8.63. The van der Waals surface area contributed by atoms with Crippen molar-refractivity contribution >= 4 is 16.9 Å². The van der Waals surface area contributed by atoms with Gasteiger partial charge < -0.3 is 14.0 Å². The lowest BCUT2D eigenvalue weighted by Gasteiger charge is -2.18. The molecule has 33 heavy (non-hydrogen) atoms. The van der Waals surface area contributed by atoms with Crippen molar-refractivity contribution < 1.29 is 4.79 Å². The molecule has 1 aliphatic rings. The fourth-order valence-electron chi connectivity index (χ4n) is 4.54. The van der Waals surface area contributed by atoms with Crippen molar-refractivity contribution in [3.8, 4) is 11.5 Å². The number of imidazole rings is 1. The number of hydrogen-bond donors (Lipinski definition) is 0. The van der Waals surface area contributed by atoms with Gasteiger partial charge in [-0.25, -0.2) is 9.67 Å². The molecule has 0 radical (unpaired) electrons. The van der Waals surface area contributed by atoms with Crippen LogP contribution in [0.25, 0.3) is 22.5 Å². The number of amides is 1. The van der Waals surface area contributed by atoms with E-state index in [0.29, 0.717) is 13.1 Å². The Kier molecular flexibility index (Phi) is 4.43. The van der Waals surface area contributed by atoms with Gasteiger partial charge in [-0.05, 0) is 61.4 Å². The minimum Gasteiger partial charge on any atom is -0.331 e. The lowest BCUT2D eigenvalue weighted by Crippen LogP contribution is -2.29. The van der Waals surface area contributed by atoms with Crippen LogP contribution in [-0.2, 0) is 24.4 Å². The number of fused-ring (bicyclic) bond motifs is 2. The fraction of sp³-hybridized carbons (Fsp3) is 0.192.